The van der Waals surface area contributed by atoms with Crippen LogP contribution in [0.5, 0.6) is 5.75 Å². The van der Waals surface area contributed by atoms with Gasteiger partial charge in [-0.2, -0.15) is 0 Å². The van der Waals surface area contributed by atoms with Crippen LogP contribution in [0.1, 0.15) is 0 Å². The highest BCUT2D eigenvalue weighted by Crippen LogP contribution is 2.32. The van der Waals surface area contributed by atoms with Crippen molar-refractivity contribution < 1.29 is 4.74 Å². The predicted molar refractivity (Wildman–Crippen MR) is 83.7 cm³/mol. The van der Waals surface area contributed by atoms with Crippen molar-refractivity contribution in [2.75, 3.05) is 7.11 Å². The third-order valence-corrected chi connectivity index (χ3v) is 4.08. The Kier molecular flexibility index (Phi) is 2.86. The second kappa shape index (κ2) is 4.28. The van der Waals surface area contributed by atoms with E-state index in [9.17, 15) is 0 Å². The molecule has 0 aliphatic rings. The Morgan fingerprint density at radius 3 is 2.83 bits per heavy atom. The summed E-state index contributed by atoms with van der Waals surface area (Å²) >= 11 is 6.99. The molecule has 3 nitrogen and oxygen atoms in total. The van der Waals surface area contributed by atoms with Crippen molar-refractivity contribution in [3.05, 3.63) is 27.3 Å². The summed E-state index contributed by atoms with van der Waals surface area (Å²) in [4.78, 5) is 7.71. The van der Waals surface area contributed by atoms with E-state index in [0.29, 0.717) is 0 Å². The summed E-state index contributed by atoms with van der Waals surface area (Å²) in [6.45, 7) is 0. The van der Waals surface area contributed by atoms with E-state index in [2.05, 4.69) is 55.7 Å². The van der Waals surface area contributed by atoms with Crippen molar-refractivity contribution in [3.8, 4) is 5.75 Å². The number of benzene rings is 1. The second-order valence-electron chi connectivity index (χ2n) is 4.11. The van der Waals surface area contributed by atoms with Gasteiger partial charge in [0, 0.05) is 27.0 Å². The van der Waals surface area contributed by atoms with E-state index >= 15 is 0 Å². The molecular formula is C12H9BBr2N2O. The van der Waals surface area contributed by atoms with Gasteiger partial charge in [0.15, 0.2) is 0 Å². The standard InChI is InChI=1S/C12H9BBr2N2O/c1-18-11-7(15)3-8-9(10(11)13)6-2-5(14)4-16-12(6)17-8/h2-4H,13H2,1H3,(H,16,17). The van der Waals surface area contributed by atoms with Crippen LogP contribution in [-0.4, -0.2) is 24.9 Å². The molecule has 2 aromatic heterocycles. The fourth-order valence-electron chi connectivity index (χ4n) is 2.31. The fraction of sp³-hybridized carbons (Fsp3) is 0.0833. The SMILES string of the molecule is Bc1c(OC)c(Br)cc2[nH]c3ncc(Br)cc3c12. The Bertz CT molecular complexity index is 770. The van der Waals surface area contributed by atoms with Crippen LogP contribution in [0.15, 0.2) is 27.3 Å². The molecule has 3 aromatic rings. The van der Waals surface area contributed by atoms with Crippen LogP contribution in [0.2, 0.25) is 0 Å². The quantitative estimate of drug-likeness (QED) is 0.671. The number of H-pyrrole nitrogens is 1. The van der Waals surface area contributed by atoms with Crippen LogP contribution in [-0.2, 0) is 0 Å². The molecular weight excluding hydrogens is 359 g/mol. The average molecular weight is 368 g/mol. The number of nitrogens with one attached hydrogen (secondary N) is 1. The first-order valence-corrected chi connectivity index (χ1v) is 7.00. The van der Waals surface area contributed by atoms with Crippen LogP contribution in [0.25, 0.3) is 21.9 Å². The Balaban J connectivity index is 2.54. The molecule has 0 unspecified atom stereocenters. The maximum absolute atomic E-state index is 5.44. The molecule has 0 saturated carbocycles. The zero-order valence-corrected chi connectivity index (χ0v) is 13.0. The summed E-state index contributed by atoms with van der Waals surface area (Å²) in [6, 6.07) is 4.10. The Hall–Kier alpha value is -1.01. The minimum absolute atomic E-state index is 0.864. The highest BCUT2D eigenvalue weighted by Gasteiger charge is 2.14. The first-order valence-electron chi connectivity index (χ1n) is 5.42. The Morgan fingerprint density at radius 2 is 2.11 bits per heavy atom. The number of fused-ring (bicyclic) bond motifs is 3. The lowest BCUT2D eigenvalue weighted by Gasteiger charge is -2.08. The molecule has 0 amide bonds. The van der Waals surface area contributed by atoms with Gasteiger partial charge >= 0.3 is 0 Å². The molecule has 90 valence electrons. The zero-order valence-electron chi connectivity index (χ0n) is 9.84. The molecule has 6 heteroatoms. The van der Waals surface area contributed by atoms with Crippen molar-refractivity contribution >= 4 is 67.1 Å². The van der Waals surface area contributed by atoms with E-state index in [1.165, 1.54) is 0 Å². The number of halogens is 2. The molecule has 0 spiro atoms. The number of aromatic nitrogens is 2. The maximum atomic E-state index is 5.44. The number of methoxy groups -OCH3 is 1. The summed E-state index contributed by atoms with van der Waals surface area (Å²) in [5.74, 6) is 0.864. The first kappa shape index (κ1) is 12.1. The smallest absolute Gasteiger partial charge is 0.145 e. The highest BCUT2D eigenvalue weighted by atomic mass is 79.9. The third-order valence-electron chi connectivity index (χ3n) is 3.05. The van der Waals surface area contributed by atoms with Gasteiger partial charge in [-0.1, -0.05) is 0 Å². The molecule has 0 atom stereocenters. The van der Waals surface area contributed by atoms with Crippen LogP contribution >= 0.6 is 31.9 Å². The van der Waals surface area contributed by atoms with Gasteiger partial charge < -0.3 is 9.72 Å². The van der Waals surface area contributed by atoms with Crippen molar-refractivity contribution in [1.82, 2.24) is 9.97 Å². The third kappa shape index (κ3) is 1.67. The van der Waals surface area contributed by atoms with Gasteiger partial charge in [-0.05, 0) is 49.5 Å². The molecule has 1 aromatic carbocycles. The number of nitrogens with zero attached hydrogens (tertiary/aromatic N) is 1. The van der Waals surface area contributed by atoms with Gasteiger partial charge in [-0.25, -0.2) is 4.98 Å². The predicted octanol–water partition coefficient (Wildman–Crippen LogP) is 2.51. The molecule has 0 aliphatic carbocycles. The topological polar surface area (TPSA) is 37.9 Å². The minimum Gasteiger partial charge on any atom is -0.496 e. The second-order valence-corrected chi connectivity index (χ2v) is 5.88. The van der Waals surface area contributed by atoms with Crippen molar-refractivity contribution in [3.63, 3.8) is 0 Å². The molecule has 18 heavy (non-hydrogen) atoms. The molecule has 3 rings (SSSR count). The van der Waals surface area contributed by atoms with E-state index < -0.39 is 0 Å². The summed E-state index contributed by atoms with van der Waals surface area (Å²) in [7, 11) is 3.74. The number of pyridine rings is 1. The number of rotatable bonds is 1. The summed E-state index contributed by atoms with van der Waals surface area (Å²) < 4.78 is 7.35. The lowest BCUT2D eigenvalue weighted by Crippen LogP contribution is -2.09. The Morgan fingerprint density at radius 1 is 1.33 bits per heavy atom. The minimum atomic E-state index is 0.864. The Labute approximate surface area is 122 Å². The zero-order chi connectivity index (χ0) is 12.9. The molecule has 0 aliphatic heterocycles. The highest BCUT2D eigenvalue weighted by molar-refractivity contribution is 9.10. The summed E-state index contributed by atoms with van der Waals surface area (Å²) in [6.07, 6.45) is 1.79. The van der Waals surface area contributed by atoms with Gasteiger partial charge in [-0.15, -0.1) is 0 Å². The maximum Gasteiger partial charge on any atom is 0.145 e. The molecule has 0 fully saturated rings. The number of aromatic amines is 1. The van der Waals surface area contributed by atoms with Crippen LogP contribution < -0.4 is 10.2 Å². The number of hydrogen-bond acceptors (Lipinski definition) is 2. The average Bonchev–Trinajstić information content (AvgIpc) is 2.66. The van der Waals surface area contributed by atoms with Gasteiger partial charge in [-0.3, -0.25) is 0 Å². The normalized spacial score (nSPS) is 11.3. The summed E-state index contributed by atoms with van der Waals surface area (Å²) in [5, 5.41) is 2.25. The fourth-order valence-corrected chi connectivity index (χ4v) is 3.33. The lowest BCUT2D eigenvalue weighted by atomic mass is 9.90. The van der Waals surface area contributed by atoms with Gasteiger partial charge in [0.05, 0.1) is 11.6 Å². The monoisotopic (exact) mass is 366 g/mol. The van der Waals surface area contributed by atoms with E-state index in [-0.39, 0.29) is 0 Å². The van der Waals surface area contributed by atoms with E-state index in [1.807, 2.05) is 6.07 Å². The van der Waals surface area contributed by atoms with Gasteiger partial charge in [0.1, 0.15) is 19.2 Å². The number of ether oxygens (including phenoxy) is 1. The van der Waals surface area contributed by atoms with Crippen LogP contribution in [0.3, 0.4) is 0 Å². The van der Waals surface area contributed by atoms with E-state index in [0.717, 1.165) is 42.1 Å². The molecule has 0 bridgehead atoms. The summed E-state index contributed by atoms with van der Waals surface area (Å²) in [5.41, 5.74) is 3.05. The molecule has 2 heterocycles. The van der Waals surface area contributed by atoms with E-state index in [4.69, 9.17) is 4.74 Å². The van der Waals surface area contributed by atoms with Gasteiger partial charge in [0.25, 0.3) is 0 Å². The van der Waals surface area contributed by atoms with Crippen molar-refractivity contribution in [1.29, 1.82) is 0 Å². The number of hydrogen-bond donors (Lipinski definition) is 1. The molecule has 1 N–H and O–H groups in total. The van der Waals surface area contributed by atoms with Crippen molar-refractivity contribution in [2.24, 2.45) is 0 Å². The lowest BCUT2D eigenvalue weighted by molar-refractivity contribution is 0.416. The molecule has 0 saturated heterocycles. The van der Waals surface area contributed by atoms with Crippen molar-refractivity contribution in [2.45, 2.75) is 0 Å². The largest absolute Gasteiger partial charge is 0.496 e. The van der Waals surface area contributed by atoms with Crippen LogP contribution in [0.4, 0.5) is 0 Å². The van der Waals surface area contributed by atoms with Gasteiger partial charge in [0.2, 0.25) is 0 Å². The van der Waals surface area contributed by atoms with Crippen LogP contribution in [0, 0.1) is 0 Å². The molecule has 0 radical (unpaired) electrons. The first-order chi connectivity index (χ1) is 8.61. The van der Waals surface area contributed by atoms with E-state index in [1.54, 1.807) is 13.3 Å².